The SMILES string of the molecule is COc1ccc(CN(c2cccc(OC)c2)S(=O)(=O)[C@@H](C)[C@@H](O)c2ncc(C)cn2)cc1. The highest BCUT2D eigenvalue weighted by atomic mass is 32.2. The summed E-state index contributed by atoms with van der Waals surface area (Å²) in [5.74, 6) is 1.25. The second kappa shape index (κ2) is 9.97. The fourth-order valence-electron chi connectivity index (χ4n) is 3.12. The van der Waals surface area contributed by atoms with Crippen LogP contribution in [0, 0.1) is 6.92 Å². The molecule has 3 rings (SSSR count). The fraction of sp³-hybridized carbons (Fsp3) is 0.304. The molecule has 1 aromatic heterocycles. The normalized spacial score (nSPS) is 13.3. The molecule has 0 spiro atoms. The maximum absolute atomic E-state index is 13.7. The largest absolute Gasteiger partial charge is 0.497 e. The van der Waals surface area contributed by atoms with Crippen molar-refractivity contribution < 1.29 is 23.0 Å². The van der Waals surface area contributed by atoms with E-state index in [-0.39, 0.29) is 12.4 Å². The van der Waals surface area contributed by atoms with Gasteiger partial charge in [-0.2, -0.15) is 0 Å². The molecule has 0 aliphatic rings. The van der Waals surface area contributed by atoms with Gasteiger partial charge >= 0.3 is 0 Å². The smallest absolute Gasteiger partial charge is 0.241 e. The molecule has 2 aromatic carbocycles. The maximum Gasteiger partial charge on any atom is 0.241 e. The number of aryl methyl sites for hydroxylation is 1. The summed E-state index contributed by atoms with van der Waals surface area (Å²) in [7, 11) is -0.950. The zero-order valence-electron chi connectivity index (χ0n) is 18.5. The van der Waals surface area contributed by atoms with E-state index in [1.54, 1.807) is 68.0 Å². The van der Waals surface area contributed by atoms with Crippen LogP contribution in [0.1, 0.15) is 30.0 Å². The average molecular weight is 458 g/mol. The van der Waals surface area contributed by atoms with Crippen molar-refractivity contribution in [3.63, 3.8) is 0 Å². The number of ether oxygens (including phenoxy) is 2. The van der Waals surface area contributed by atoms with Crippen molar-refractivity contribution in [1.82, 2.24) is 9.97 Å². The number of nitrogens with zero attached hydrogens (tertiary/aromatic N) is 3. The van der Waals surface area contributed by atoms with Crippen molar-refractivity contribution in [3.05, 3.63) is 77.9 Å². The quantitative estimate of drug-likeness (QED) is 0.526. The zero-order valence-corrected chi connectivity index (χ0v) is 19.3. The van der Waals surface area contributed by atoms with Gasteiger partial charge in [-0.1, -0.05) is 18.2 Å². The number of methoxy groups -OCH3 is 2. The lowest BCUT2D eigenvalue weighted by Crippen LogP contribution is -2.40. The summed E-state index contributed by atoms with van der Waals surface area (Å²) in [6.07, 6.45) is 1.69. The lowest BCUT2D eigenvalue weighted by molar-refractivity contribution is 0.165. The third-order valence-electron chi connectivity index (χ3n) is 5.11. The van der Waals surface area contributed by atoms with Crippen LogP contribution in [-0.4, -0.2) is 43.0 Å². The standard InChI is InChI=1S/C23H27N3O5S/c1-16-13-24-23(25-14-16)22(27)17(2)32(28,29)26(19-6-5-7-21(12-19)31-4)15-18-8-10-20(30-3)11-9-18/h5-14,17,22,27H,15H2,1-4H3/t17-,22+/m0/s1. The second-order valence-electron chi connectivity index (χ2n) is 7.37. The summed E-state index contributed by atoms with van der Waals surface area (Å²) in [6, 6.07) is 13.9. The molecule has 1 heterocycles. The molecule has 0 saturated heterocycles. The number of rotatable bonds is 9. The van der Waals surface area contributed by atoms with Crippen LogP contribution in [0.4, 0.5) is 5.69 Å². The van der Waals surface area contributed by atoms with Crippen LogP contribution in [0.15, 0.2) is 60.9 Å². The van der Waals surface area contributed by atoms with E-state index in [1.807, 2.05) is 6.92 Å². The minimum atomic E-state index is -4.03. The highest BCUT2D eigenvalue weighted by Crippen LogP contribution is 2.30. The van der Waals surface area contributed by atoms with Gasteiger partial charge < -0.3 is 14.6 Å². The molecule has 0 unspecified atom stereocenters. The monoisotopic (exact) mass is 457 g/mol. The van der Waals surface area contributed by atoms with Crippen LogP contribution in [0.3, 0.4) is 0 Å². The molecule has 9 heteroatoms. The van der Waals surface area contributed by atoms with Gasteiger partial charge in [-0.15, -0.1) is 0 Å². The zero-order chi connectivity index (χ0) is 23.3. The van der Waals surface area contributed by atoms with Gasteiger partial charge in [0, 0.05) is 18.5 Å². The highest BCUT2D eigenvalue weighted by molar-refractivity contribution is 7.93. The molecule has 32 heavy (non-hydrogen) atoms. The molecule has 3 aromatic rings. The molecule has 170 valence electrons. The van der Waals surface area contributed by atoms with E-state index < -0.39 is 21.4 Å². The highest BCUT2D eigenvalue weighted by Gasteiger charge is 2.36. The van der Waals surface area contributed by atoms with Crippen LogP contribution in [0.25, 0.3) is 0 Å². The topological polar surface area (TPSA) is 102 Å². The van der Waals surface area contributed by atoms with E-state index >= 15 is 0 Å². The average Bonchev–Trinajstić information content (AvgIpc) is 2.82. The Morgan fingerprint density at radius 3 is 2.22 bits per heavy atom. The van der Waals surface area contributed by atoms with Gasteiger partial charge in [0.1, 0.15) is 22.9 Å². The molecule has 0 aliphatic heterocycles. The van der Waals surface area contributed by atoms with Crippen LogP contribution in [0.2, 0.25) is 0 Å². The first-order valence-corrected chi connectivity index (χ1v) is 11.5. The van der Waals surface area contributed by atoms with Crippen LogP contribution in [0.5, 0.6) is 11.5 Å². The molecular formula is C23H27N3O5S. The Bertz CT molecular complexity index is 1140. The third kappa shape index (κ3) is 5.17. The van der Waals surface area contributed by atoms with Crippen molar-refractivity contribution in [2.45, 2.75) is 31.7 Å². The Labute approximate surface area is 188 Å². The Morgan fingerprint density at radius 2 is 1.62 bits per heavy atom. The van der Waals surface area contributed by atoms with Gasteiger partial charge in [-0.25, -0.2) is 18.4 Å². The lowest BCUT2D eigenvalue weighted by atomic mass is 10.2. The van der Waals surface area contributed by atoms with Crippen molar-refractivity contribution in [3.8, 4) is 11.5 Å². The Morgan fingerprint density at radius 1 is 1.00 bits per heavy atom. The summed E-state index contributed by atoms with van der Waals surface area (Å²) in [5, 5.41) is 9.58. The molecule has 0 aliphatic carbocycles. The Kier molecular flexibility index (Phi) is 7.32. The van der Waals surface area contributed by atoms with E-state index in [2.05, 4.69) is 9.97 Å². The molecule has 0 amide bonds. The summed E-state index contributed by atoms with van der Waals surface area (Å²) >= 11 is 0. The van der Waals surface area contributed by atoms with Gasteiger partial charge in [-0.05, 0) is 49.2 Å². The predicted molar refractivity (Wildman–Crippen MR) is 122 cm³/mol. The first kappa shape index (κ1) is 23.5. The summed E-state index contributed by atoms with van der Waals surface area (Å²) in [4.78, 5) is 8.19. The number of hydrogen-bond acceptors (Lipinski definition) is 7. The second-order valence-corrected chi connectivity index (χ2v) is 9.58. The molecule has 2 atom stereocenters. The number of benzene rings is 2. The maximum atomic E-state index is 13.7. The van der Waals surface area contributed by atoms with Gasteiger partial charge in [0.2, 0.25) is 10.0 Å². The number of anilines is 1. The van der Waals surface area contributed by atoms with Gasteiger partial charge in [-0.3, -0.25) is 4.31 Å². The van der Waals surface area contributed by atoms with E-state index in [0.29, 0.717) is 17.2 Å². The number of hydrogen-bond donors (Lipinski definition) is 1. The molecule has 0 saturated carbocycles. The number of aliphatic hydroxyl groups is 1. The summed E-state index contributed by atoms with van der Waals surface area (Å²) in [5.41, 5.74) is 1.99. The molecule has 8 nitrogen and oxygen atoms in total. The van der Waals surface area contributed by atoms with E-state index in [4.69, 9.17) is 9.47 Å². The van der Waals surface area contributed by atoms with Gasteiger partial charge in [0.25, 0.3) is 0 Å². The fourth-order valence-corrected chi connectivity index (χ4v) is 4.70. The van der Waals surface area contributed by atoms with Gasteiger partial charge in [0.15, 0.2) is 5.82 Å². The predicted octanol–water partition coefficient (Wildman–Crippen LogP) is 3.26. The molecule has 1 N–H and O–H groups in total. The first-order valence-electron chi connectivity index (χ1n) is 10.0. The number of aliphatic hydroxyl groups excluding tert-OH is 1. The number of sulfonamides is 1. The van der Waals surface area contributed by atoms with E-state index in [9.17, 15) is 13.5 Å². The molecule has 0 fully saturated rings. The molecular weight excluding hydrogens is 430 g/mol. The van der Waals surface area contributed by atoms with Crippen LogP contribution >= 0.6 is 0 Å². The van der Waals surface area contributed by atoms with Crippen LogP contribution < -0.4 is 13.8 Å². The van der Waals surface area contributed by atoms with Gasteiger partial charge in [0.05, 0.1) is 26.5 Å². The molecule has 0 bridgehead atoms. The third-order valence-corrected chi connectivity index (χ3v) is 7.27. The van der Waals surface area contributed by atoms with E-state index in [1.165, 1.54) is 18.3 Å². The van der Waals surface area contributed by atoms with E-state index in [0.717, 1.165) is 11.1 Å². The van der Waals surface area contributed by atoms with Crippen molar-refractivity contribution in [1.29, 1.82) is 0 Å². The van der Waals surface area contributed by atoms with Crippen molar-refractivity contribution in [2.75, 3.05) is 18.5 Å². The van der Waals surface area contributed by atoms with Crippen molar-refractivity contribution in [2.24, 2.45) is 0 Å². The molecule has 0 radical (unpaired) electrons. The van der Waals surface area contributed by atoms with Crippen molar-refractivity contribution >= 4 is 15.7 Å². The Hall–Kier alpha value is -3.17. The summed E-state index contributed by atoms with van der Waals surface area (Å²) in [6.45, 7) is 3.32. The minimum Gasteiger partial charge on any atom is -0.497 e. The lowest BCUT2D eigenvalue weighted by Gasteiger charge is -2.30. The minimum absolute atomic E-state index is 0.0571. The number of aromatic nitrogens is 2. The first-order chi connectivity index (χ1) is 15.3. The Balaban J connectivity index is 2.00. The van der Waals surface area contributed by atoms with Crippen LogP contribution in [-0.2, 0) is 16.6 Å². The summed E-state index contributed by atoms with van der Waals surface area (Å²) < 4.78 is 39.1.